The number of hydrogen-bond donors (Lipinski definition) is 2. The van der Waals surface area contributed by atoms with Crippen molar-refractivity contribution in [3.8, 4) is 0 Å². The second-order valence-electron chi connectivity index (χ2n) is 6.01. The Morgan fingerprint density at radius 2 is 2.05 bits per heavy atom. The summed E-state index contributed by atoms with van der Waals surface area (Å²) >= 11 is 0. The number of hydrogen-bond acceptors (Lipinski definition) is 4. The van der Waals surface area contributed by atoms with E-state index in [0.29, 0.717) is 25.8 Å². The third-order valence-electron chi connectivity index (χ3n) is 4.54. The van der Waals surface area contributed by atoms with E-state index in [2.05, 4.69) is 5.32 Å². The van der Waals surface area contributed by atoms with E-state index >= 15 is 0 Å². The number of carboxylic acids is 1. The summed E-state index contributed by atoms with van der Waals surface area (Å²) in [5.74, 6) is -0.852. The summed E-state index contributed by atoms with van der Waals surface area (Å²) in [7, 11) is -3.11. The second-order valence-corrected chi connectivity index (χ2v) is 8.41. The third-order valence-corrected chi connectivity index (χ3v) is 6.82. The lowest BCUT2D eigenvalue weighted by atomic mass is 9.89. The predicted molar refractivity (Wildman–Crippen MR) is 76.8 cm³/mol. The molecule has 2 aliphatic heterocycles. The number of nitrogens with one attached hydrogen (secondary N) is 1. The number of urea groups is 1. The van der Waals surface area contributed by atoms with Gasteiger partial charge in [0.2, 0.25) is 0 Å². The van der Waals surface area contributed by atoms with Crippen LogP contribution < -0.4 is 5.32 Å². The van der Waals surface area contributed by atoms with Gasteiger partial charge in [-0.3, -0.25) is 0 Å². The lowest BCUT2D eigenvalue weighted by Crippen LogP contribution is -2.60. The summed E-state index contributed by atoms with van der Waals surface area (Å²) < 4.78 is 23.5. The minimum atomic E-state index is -3.11. The molecule has 8 heteroatoms. The molecule has 2 aliphatic rings. The second kappa shape index (κ2) is 5.82. The van der Waals surface area contributed by atoms with E-state index in [9.17, 15) is 23.1 Å². The summed E-state index contributed by atoms with van der Waals surface area (Å²) in [6, 6.07) is -0.485. The number of piperidine rings is 1. The molecule has 0 aromatic carbocycles. The summed E-state index contributed by atoms with van der Waals surface area (Å²) in [5, 5.41) is 11.4. The van der Waals surface area contributed by atoms with Crippen LogP contribution in [0, 0.1) is 0 Å². The first-order valence-electron chi connectivity index (χ1n) is 7.28. The van der Waals surface area contributed by atoms with E-state index in [1.165, 1.54) is 4.90 Å². The van der Waals surface area contributed by atoms with Gasteiger partial charge in [0.25, 0.3) is 0 Å². The SMILES string of the molecule is CC1(C(=O)O)CCCCN1C(=O)NCC1CCCS1(=O)=O. The molecule has 21 heavy (non-hydrogen) atoms. The molecule has 0 saturated carbocycles. The standard InChI is InChI=1S/C13H22N2O5S/c1-13(11(16)17)6-2-3-7-15(13)12(18)14-9-10-5-4-8-21(10,19)20/h10H,2-9H2,1H3,(H,14,18)(H,16,17). The molecule has 0 radical (unpaired) electrons. The van der Waals surface area contributed by atoms with Crippen LogP contribution in [0.2, 0.25) is 0 Å². The smallest absolute Gasteiger partial charge is 0.329 e. The Hall–Kier alpha value is -1.31. The highest BCUT2D eigenvalue weighted by atomic mass is 32.2. The molecule has 2 amide bonds. The molecule has 7 nitrogen and oxygen atoms in total. The number of likely N-dealkylation sites (tertiary alicyclic amines) is 1. The minimum absolute atomic E-state index is 0.0629. The predicted octanol–water partition coefficient (Wildman–Crippen LogP) is 0.602. The molecular formula is C13H22N2O5S. The molecule has 120 valence electrons. The van der Waals surface area contributed by atoms with Crippen molar-refractivity contribution >= 4 is 21.8 Å². The average Bonchev–Trinajstić information content (AvgIpc) is 2.75. The van der Waals surface area contributed by atoms with Gasteiger partial charge in [-0.2, -0.15) is 0 Å². The number of carbonyl (C=O) groups is 2. The Morgan fingerprint density at radius 3 is 2.62 bits per heavy atom. The Bertz CT molecular complexity index is 533. The van der Waals surface area contributed by atoms with Crippen molar-refractivity contribution < 1.29 is 23.1 Å². The Balaban J connectivity index is 2.00. The molecule has 0 spiro atoms. The fraction of sp³-hybridized carbons (Fsp3) is 0.846. The van der Waals surface area contributed by atoms with Crippen molar-refractivity contribution in [2.75, 3.05) is 18.8 Å². The van der Waals surface area contributed by atoms with Gasteiger partial charge in [0, 0.05) is 13.1 Å². The maximum atomic E-state index is 12.2. The number of rotatable bonds is 3. The molecule has 0 aliphatic carbocycles. The minimum Gasteiger partial charge on any atom is -0.480 e. The lowest BCUT2D eigenvalue weighted by molar-refractivity contribution is -0.150. The number of amides is 2. The van der Waals surface area contributed by atoms with Gasteiger partial charge < -0.3 is 15.3 Å². The van der Waals surface area contributed by atoms with Crippen LogP contribution in [0.4, 0.5) is 4.79 Å². The average molecular weight is 318 g/mol. The van der Waals surface area contributed by atoms with Crippen molar-refractivity contribution in [2.45, 2.75) is 49.8 Å². The number of sulfone groups is 1. The molecule has 2 heterocycles. The first kappa shape index (κ1) is 16.1. The summed E-state index contributed by atoms with van der Waals surface area (Å²) in [5.41, 5.74) is -1.21. The van der Waals surface area contributed by atoms with Crippen LogP contribution in [0.1, 0.15) is 39.0 Å². The van der Waals surface area contributed by atoms with Crippen LogP contribution in [-0.2, 0) is 14.6 Å². The van der Waals surface area contributed by atoms with Crippen molar-refractivity contribution in [1.82, 2.24) is 10.2 Å². The summed E-state index contributed by atoms with van der Waals surface area (Å²) in [6.45, 7) is 1.99. The van der Waals surface area contributed by atoms with E-state index in [4.69, 9.17) is 0 Å². The summed E-state index contributed by atoms with van der Waals surface area (Å²) in [6.07, 6.45) is 3.12. The molecule has 0 aromatic rings. The number of carboxylic acid groups (broad SMARTS) is 1. The fourth-order valence-electron chi connectivity index (χ4n) is 3.05. The van der Waals surface area contributed by atoms with Gasteiger partial charge >= 0.3 is 12.0 Å². The molecule has 2 rings (SSSR count). The van der Waals surface area contributed by atoms with Crippen LogP contribution in [0.15, 0.2) is 0 Å². The molecule has 0 bridgehead atoms. The van der Waals surface area contributed by atoms with Gasteiger partial charge in [-0.15, -0.1) is 0 Å². The largest absolute Gasteiger partial charge is 0.480 e. The highest BCUT2D eigenvalue weighted by molar-refractivity contribution is 7.92. The Kier molecular flexibility index (Phi) is 4.46. The zero-order valence-corrected chi connectivity index (χ0v) is 13.0. The van der Waals surface area contributed by atoms with Crippen molar-refractivity contribution in [2.24, 2.45) is 0 Å². The zero-order chi connectivity index (χ0) is 15.7. The van der Waals surface area contributed by atoms with E-state index in [1.54, 1.807) is 6.92 Å². The number of nitrogens with zero attached hydrogens (tertiary/aromatic N) is 1. The topological polar surface area (TPSA) is 104 Å². The van der Waals surface area contributed by atoms with Gasteiger partial charge in [-0.1, -0.05) is 0 Å². The van der Waals surface area contributed by atoms with Crippen LogP contribution >= 0.6 is 0 Å². The Morgan fingerprint density at radius 1 is 1.33 bits per heavy atom. The molecule has 2 atom stereocenters. The van der Waals surface area contributed by atoms with Gasteiger partial charge in [-0.05, 0) is 39.0 Å². The van der Waals surface area contributed by atoms with Crippen LogP contribution in [-0.4, -0.2) is 60.1 Å². The van der Waals surface area contributed by atoms with Crippen LogP contribution in [0.5, 0.6) is 0 Å². The quantitative estimate of drug-likeness (QED) is 0.793. The monoisotopic (exact) mass is 318 g/mol. The maximum Gasteiger partial charge on any atom is 0.329 e. The number of carbonyl (C=O) groups excluding carboxylic acids is 1. The third kappa shape index (κ3) is 3.14. The van der Waals surface area contributed by atoms with E-state index in [-0.39, 0.29) is 12.3 Å². The lowest BCUT2D eigenvalue weighted by Gasteiger charge is -2.41. The summed E-state index contributed by atoms with van der Waals surface area (Å²) in [4.78, 5) is 25.0. The van der Waals surface area contributed by atoms with Crippen molar-refractivity contribution in [3.05, 3.63) is 0 Å². The zero-order valence-electron chi connectivity index (χ0n) is 12.2. The first-order valence-corrected chi connectivity index (χ1v) is 8.99. The van der Waals surface area contributed by atoms with Crippen LogP contribution in [0.3, 0.4) is 0 Å². The molecule has 2 N–H and O–H groups in total. The van der Waals surface area contributed by atoms with E-state index in [0.717, 1.165) is 12.8 Å². The molecular weight excluding hydrogens is 296 g/mol. The van der Waals surface area contributed by atoms with Crippen molar-refractivity contribution in [3.63, 3.8) is 0 Å². The highest BCUT2D eigenvalue weighted by Gasteiger charge is 2.44. The normalized spacial score (nSPS) is 31.9. The fourth-order valence-corrected chi connectivity index (χ4v) is 4.82. The van der Waals surface area contributed by atoms with E-state index < -0.39 is 32.6 Å². The van der Waals surface area contributed by atoms with Gasteiger partial charge in [0.05, 0.1) is 11.0 Å². The maximum absolute atomic E-state index is 12.2. The van der Waals surface area contributed by atoms with Gasteiger partial charge in [0.15, 0.2) is 9.84 Å². The first-order chi connectivity index (χ1) is 9.77. The van der Waals surface area contributed by atoms with Gasteiger partial charge in [0.1, 0.15) is 5.54 Å². The Labute approximate surface area is 124 Å². The van der Waals surface area contributed by atoms with Gasteiger partial charge in [-0.25, -0.2) is 18.0 Å². The van der Waals surface area contributed by atoms with E-state index in [1.807, 2.05) is 0 Å². The van der Waals surface area contributed by atoms with Crippen molar-refractivity contribution in [1.29, 1.82) is 0 Å². The highest BCUT2D eigenvalue weighted by Crippen LogP contribution is 2.28. The molecule has 2 saturated heterocycles. The molecule has 2 unspecified atom stereocenters. The number of aliphatic carboxylic acids is 1. The van der Waals surface area contributed by atoms with Crippen LogP contribution in [0.25, 0.3) is 0 Å². The molecule has 2 fully saturated rings. The molecule has 0 aromatic heterocycles.